The number of para-hydroxylation sites is 1. The van der Waals surface area contributed by atoms with Crippen molar-refractivity contribution >= 4 is 17.7 Å². The molecule has 0 spiro atoms. The van der Waals surface area contributed by atoms with Crippen molar-refractivity contribution in [1.29, 1.82) is 0 Å². The Hall–Kier alpha value is -3.38. The molecule has 4 aromatic rings. The van der Waals surface area contributed by atoms with Crippen LogP contribution in [0.25, 0.3) is 5.69 Å². The second-order valence-electron chi connectivity index (χ2n) is 7.80. The SMILES string of the molecule is O=C(CCCCSc1nnc(Cc2ccccc2)n1-c1ccccc1)NCc1ccccc1. The van der Waals surface area contributed by atoms with Gasteiger partial charge in [-0.25, -0.2) is 0 Å². The number of hydrogen-bond acceptors (Lipinski definition) is 4. The van der Waals surface area contributed by atoms with Crippen LogP contribution in [-0.4, -0.2) is 26.4 Å². The van der Waals surface area contributed by atoms with Crippen LogP contribution in [-0.2, 0) is 17.8 Å². The van der Waals surface area contributed by atoms with Crippen molar-refractivity contribution in [3.05, 3.63) is 108 Å². The molecule has 0 bridgehead atoms. The summed E-state index contributed by atoms with van der Waals surface area (Å²) in [7, 11) is 0. The van der Waals surface area contributed by atoms with Crippen LogP contribution in [0.2, 0.25) is 0 Å². The molecule has 0 aliphatic carbocycles. The predicted molar refractivity (Wildman–Crippen MR) is 133 cm³/mol. The molecule has 1 heterocycles. The molecule has 6 heteroatoms. The highest BCUT2D eigenvalue weighted by Crippen LogP contribution is 2.24. The van der Waals surface area contributed by atoms with Crippen molar-refractivity contribution in [1.82, 2.24) is 20.1 Å². The lowest BCUT2D eigenvalue weighted by Gasteiger charge is -2.10. The summed E-state index contributed by atoms with van der Waals surface area (Å²) in [5.41, 5.74) is 3.39. The molecular weight excluding hydrogens is 428 g/mol. The van der Waals surface area contributed by atoms with E-state index < -0.39 is 0 Å². The first-order chi connectivity index (χ1) is 16.3. The Labute approximate surface area is 199 Å². The first-order valence-electron chi connectivity index (χ1n) is 11.3. The van der Waals surface area contributed by atoms with Crippen molar-refractivity contribution in [2.45, 2.75) is 37.4 Å². The third-order valence-corrected chi connectivity index (χ3v) is 6.30. The van der Waals surface area contributed by atoms with E-state index in [2.05, 4.69) is 44.3 Å². The number of hydrogen-bond donors (Lipinski definition) is 1. The third-order valence-electron chi connectivity index (χ3n) is 5.28. The Morgan fingerprint density at radius 2 is 1.42 bits per heavy atom. The van der Waals surface area contributed by atoms with Gasteiger partial charge in [0.2, 0.25) is 5.91 Å². The summed E-state index contributed by atoms with van der Waals surface area (Å²) in [4.78, 5) is 12.1. The van der Waals surface area contributed by atoms with Gasteiger partial charge in [0.05, 0.1) is 0 Å². The average Bonchev–Trinajstić information content (AvgIpc) is 3.26. The number of rotatable bonds is 11. The minimum absolute atomic E-state index is 0.0986. The van der Waals surface area contributed by atoms with Crippen LogP contribution in [0.3, 0.4) is 0 Å². The van der Waals surface area contributed by atoms with Gasteiger partial charge in [0.15, 0.2) is 5.16 Å². The first-order valence-corrected chi connectivity index (χ1v) is 12.3. The lowest BCUT2D eigenvalue weighted by molar-refractivity contribution is -0.121. The van der Waals surface area contributed by atoms with Crippen molar-refractivity contribution < 1.29 is 4.79 Å². The summed E-state index contributed by atoms with van der Waals surface area (Å²) in [5.74, 6) is 1.92. The molecule has 0 fully saturated rings. The van der Waals surface area contributed by atoms with Crippen LogP contribution in [0.1, 0.15) is 36.2 Å². The van der Waals surface area contributed by atoms with Gasteiger partial charge in [-0.05, 0) is 36.1 Å². The fourth-order valence-electron chi connectivity index (χ4n) is 3.56. The molecule has 33 heavy (non-hydrogen) atoms. The third kappa shape index (κ3) is 6.80. The van der Waals surface area contributed by atoms with E-state index in [1.165, 1.54) is 5.56 Å². The molecular formula is C27H28N4OS. The number of amides is 1. The minimum Gasteiger partial charge on any atom is -0.352 e. The van der Waals surface area contributed by atoms with E-state index in [0.29, 0.717) is 13.0 Å². The molecule has 0 aliphatic rings. The first kappa shape index (κ1) is 22.8. The highest BCUT2D eigenvalue weighted by atomic mass is 32.2. The van der Waals surface area contributed by atoms with E-state index in [9.17, 15) is 4.79 Å². The maximum absolute atomic E-state index is 12.1. The Kier molecular flexibility index (Phi) is 8.30. The largest absolute Gasteiger partial charge is 0.352 e. The van der Waals surface area contributed by atoms with E-state index in [4.69, 9.17) is 0 Å². The smallest absolute Gasteiger partial charge is 0.220 e. The molecule has 168 valence electrons. The fourth-order valence-corrected chi connectivity index (χ4v) is 4.53. The maximum Gasteiger partial charge on any atom is 0.220 e. The maximum atomic E-state index is 12.1. The Morgan fingerprint density at radius 3 is 2.12 bits per heavy atom. The van der Waals surface area contributed by atoms with Gasteiger partial charge in [-0.1, -0.05) is 90.6 Å². The molecule has 0 saturated carbocycles. The number of unbranched alkanes of at least 4 members (excludes halogenated alkanes) is 1. The van der Waals surface area contributed by atoms with Crippen LogP contribution in [0, 0.1) is 0 Å². The topological polar surface area (TPSA) is 59.8 Å². The van der Waals surface area contributed by atoms with Crippen LogP contribution < -0.4 is 5.32 Å². The van der Waals surface area contributed by atoms with Gasteiger partial charge in [0, 0.05) is 30.8 Å². The van der Waals surface area contributed by atoms with Gasteiger partial charge in [0.1, 0.15) is 5.82 Å². The minimum atomic E-state index is 0.0986. The summed E-state index contributed by atoms with van der Waals surface area (Å²) in [5, 5.41) is 12.9. The summed E-state index contributed by atoms with van der Waals surface area (Å²) >= 11 is 1.69. The lowest BCUT2D eigenvalue weighted by atomic mass is 10.1. The molecule has 0 atom stereocenters. The van der Waals surface area contributed by atoms with Crippen LogP contribution in [0.5, 0.6) is 0 Å². The molecule has 4 rings (SSSR count). The Bertz CT molecular complexity index is 1130. The zero-order valence-electron chi connectivity index (χ0n) is 18.6. The van der Waals surface area contributed by atoms with E-state index in [1.54, 1.807) is 11.8 Å². The van der Waals surface area contributed by atoms with Crippen molar-refractivity contribution in [2.75, 3.05) is 5.75 Å². The second-order valence-corrected chi connectivity index (χ2v) is 8.86. The fraction of sp³-hybridized carbons (Fsp3) is 0.222. The number of thioether (sulfide) groups is 1. The predicted octanol–water partition coefficient (Wildman–Crippen LogP) is 5.44. The number of nitrogens with zero attached hydrogens (tertiary/aromatic N) is 3. The molecule has 1 N–H and O–H groups in total. The number of carbonyl (C=O) groups excluding carboxylic acids is 1. The van der Waals surface area contributed by atoms with Gasteiger partial charge < -0.3 is 5.32 Å². The van der Waals surface area contributed by atoms with Gasteiger partial charge in [0.25, 0.3) is 0 Å². The summed E-state index contributed by atoms with van der Waals surface area (Å²) in [6.07, 6.45) is 3.06. The standard InChI is InChI=1S/C27H28N4OS/c32-26(28-21-23-14-6-2-7-15-23)18-10-11-19-33-27-30-29-25(20-22-12-4-1-5-13-22)31(27)24-16-8-3-9-17-24/h1-9,12-17H,10-11,18-21H2,(H,28,32). The molecule has 1 aromatic heterocycles. The quantitative estimate of drug-likeness (QED) is 0.241. The number of nitrogens with one attached hydrogen (secondary N) is 1. The van der Waals surface area contributed by atoms with Crippen molar-refractivity contribution in [2.24, 2.45) is 0 Å². The molecule has 0 saturated heterocycles. The van der Waals surface area contributed by atoms with Gasteiger partial charge in [-0.3, -0.25) is 9.36 Å². The molecule has 3 aromatic carbocycles. The molecule has 1 amide bonds. The van der Waals surface area contributed by atoms with Gasteiger partial charge in [-0.2, -0.15) is 0 Å². The van der Waals surface area contributed by atoms with Crippen molar-refractivity contribution in [3.63, 3.8) is 0 Å². The van der Waals surface area contributed by atoms with E-state index >= 15 is 0 Å². The Morgan fingerprint density at radius 1 is 0.788 bits per heavy atom. The average molecular weight is 457 g/mol. The molecule has 0 unspecified atom stereocenters. The monoisotopic (exact) mass is 456 g/mol. The summed E-state index contributed by atoms with van der Waals surface area (Å²) in [6, 6.07) is 30.6. The zero-order chi connectivity index (χ0) is 22.7. The highest BCUT2D eigenvalue weighted by molar-refractivity contribution is 7.99. The summed E-state index contributed by atoms with van der Waals surface area (Å²) < 4.78 is 2.14. The zero-order valence-corrected chi connectivity index (χ0v) is 19.4. The Balaban J connectivity index is 1.30. The van der Waals surface area contributed by atoms with Crippen molar-refractivity contribution in [3.8, 4) is 5.69 Å². The molecule has 0 radical (unpaired) electrons. The molecule has 0 aliphatic heterocycles. The van der Waals surface area contributed by atoms with Crippen LogP contribution in [0.15, 0.2) is 96.2 Å². The highest BCUT2D eigenvalue weighted by Gasteiger charge is 2.15. The van der Waals surface area contributed by atoms with Crippen LogP contribution >= 0.6 is 11.8 Å². The second kappa shape index (κ2) is 12.0. The number of benzene rings is 3. The number of aromatic nitrogens is 3. The number of carbonyl (C=O) groups is 1. The van der Waals surface area contributed by atoms with E-state index in [1.807, 2.05) is 66.7 Å². The summed E-state index contributed by atoms with van der Waals surface area (Å²) in [6.45, 7) is 0.582. The van der Waals surface area contributed by atoms with Gasteiger partial charge in [-0.15, -0.1) is 10.2 Å². The van der Waals surface area contributed by atoms with Gasteiger partial charge >= 0.3 is 0 Å². The molecule has 5 nitrogen and oxygen atoms in total. The van der Waals surface area contributed by atoms with E-state index in [-0.39, 0.29) is 5.91 Å². The van der Waals surface area contributed by atoms with E-state index in [0.717, 1.165) is 47.2 Å². The van der Waals surface area contributed by atoms with Crippen LogP contribution in [0.4, 0.5) is 0 Å². The lowest BCUT2D eigenvalue weighted by Crippen LogP contribution is -2.22. The normalized spacial score (nSPS) is 10.8.